The van der Waals surface area contributed by atoms with E-state index in [2.05, 4.69) is 0 Å². The third kappa shape index (κ3) is 3.01. The zero-order chi connectivity index (χ0) is 21.8. The molecule has 8 nitrogen and oxygen atoms in total. The SMILES string of the molecule is CC(=O)OC1C2CC3C1OC(=O)C3C2C(=O)OC(c1ccccc1)C(F)(F)C(=O)[O-]. The molecule has 2 bridgehead atoms. The third-order valence-corrected chi connectivity index (χ3v) is 6.06. The van der Waals surface area contributed by atoms with Crippen LogP contribution in [0.2, 0.25) is 0 Å². The third-order valence-electron chi connectivity index (χ3n) is 6.06. The number of benzene rings is 1. The van der Waals surface area contributed by atoms with E-state index >= 15 is 0 Å². The summed E-state index contributed by atoms with van der Waals surface area (Å²) in [6.45, 7) is 1.17. The van der Waals surface area contributed by atoms with Gasteiger partial charge in [-0.25, -0.2) is 0 Å². The molecule has 0 radical (unpaired) electrons. The maximum atomic E-state index is 14.3. The van der Waals surface area contributed by atoms with Crippen molar-refractivity contribution in [3.05, 3.63) is 35.9 Å². The smallest absolute Gasteiger partial charge is 0.327 e. The lowest BCUT2D eigenvalue weighted by Crippen LogP contribution is -2.49. The maximum absolute atomic E-state index is 14.3. The number of halogens is 2. The predicted molar refractivity (Wildman–Crippen MR) is 89.2 cm³/mol. The lowest BCUT2D eigenvalue weighted by molar-refractivity contribution is -0.337. The van der Waals surface area contributed by atoms with E-state index in [4.69, 9.17) is 14.2 Å². The summed E-state index contributed by atoms with van der Waals surface area (Å²) >= 11 is 0. The van der Waals surface area contributed by atoms with E-state index in [0.29, 0.717) is 6.42 Å². The van der Waals surface area contributed by atoms with Crippen molar-refractivity contribution in [1.29, 1.82) is 0 Å². The van der Waals surface area contributed by atoms with Gasteiger partial charge >= 0.3 is 23.8 Å². The van der Waals surface area contributed by atoms with Crippen LogP contribution in [0.1, 0.15) is 25.0 Å². The standard InChI is InChI=1S/C20H18F2O8/c1-8(23)28-14-10-7-11-12(17(24)29-15(11)14)13(10)18(25)30-16(20(21,22)19(26)27)9-5-3-2-4-6-9/h2-6,10-16H,7H2,1H3,(H,26,27)/p-1. The first-order valence-electron chi connectivity index (χ1n) is 9.35. The predicted octanol–water partition coefficient (Wildman–Crippen LogP) is 0.395. The molecule has 2 aliphatic carbocycles. The van der Waals surface area contributed by atoms with Gasteiger partial charge in [-0.3, -0.25) is 14.4 Å². The molecule has 4 rings (SSSR count). The van der Waals surface area contributed by atoms with E-state index < -0.39 is 71.8 Å². The molecule has 1 aromatic carbocycles. The van der Waals surface area contributed by atoms with Gasteiger partial charge in [0.2, 0.25) is 0 Å². The van der Waals surface area contributed by atoms with Crippen LogP contribution >= 0.6 is 0 Å². The minimum Gasteiger partial charge on any atom is -0.544 e. The van der Waals surface area contributed by atoms with Gasteiger partial charge in [0, 0.05) is 18.8 Å². The Morgan fingerprint density at radius 2 is 1.87 bits per heavy atom. The van der Waals surface area contributed by atoms with Crippen molar-refractivity contribution < 1.29 is 47.3 Å². The van der Waals surface area contributed by atoms with Gasteiger partial charge in [0.15, 0.2) is 6.10 Å². The number of hydrogen-bond acceptors (Lipinski definition) is 8. The van der Waals surface area contributed by atoms with Crippen molar-refractivity contribution in [2.75, 3.05) is 0 Å². The summed E-state index contributed by atoms with van der Waals surface area (Å²) in [6.07, 6.45) is -3.69. The number of carbonyl (C=O) groups is 4. The number of aliphatic carboxylic acids is 1. The molecule has 7 unspecified atom stereocenters. The number of carboxylic acid groups (broad SMARTS) is 1. The Morgan fingerprint density at radius 1 is 1.20 bits per heavy atom. The Labute approximate surface area is 169 Å². The second-order valence-corrected chi connectivity index (χ2v) is 7.73. The average Bonchev–Trinajstić information content (AvgIpc) is 3.29. The van der Waals surface area contributed by atoms with Crippen molar-refractivity contribution in [2.45, 2.75) is 37.6 Å². The highest BCUT2D eigenvalue weighted by molar-refractivity contribution is 5.87. The first-order chi connectivity index (χ1) is 14.1. The van der Waals surface area contributed by atoms with E-state index in [1.54, 1.807) is 0 Å². The number of carboxylic acids is 1. The Bertz CT molecular complexity index is 901. The molecule has 7 atom stereocenters. The summed E-state index contributed by atoms with van der Waals surface area (Å²) in [5.74, 6) is -12.9. The largest absolute Gasteiger partial charge is 0.544 e. The summed E-state index contributed by atoms with van der Waals surface area (Å²) in [7, 11) is 0. The molecule has 1 aliphatic heterocycles. The van der Waals surface area contributed by atoms with Gasteiger partial charge in [0.25, 0.3) is 0 Å². The van der Waals surface area contributed by atoms with Gasteiger partial charge in [0.1, 0.15) is 18.2 Å². The van der Waals surface area contributed by atoms with Crippen molar-refractivity contribution in [2.24, 2.45) is 23.7 Å². The Balaban J connectivity index is 1.64. The van der Waals surface area contributed by atoms with Gasteiger partial charge in [-0.2, -0.15) is 8.78 Å². The first-order valence-corrected chi connectivity index (χ1v) is 9.35. The normalized spacial score (nSPS) is 32.4. The molecule has 10 heteroatoms. The molecule has 1 aromatic rings. The Hall–Kier alpha value is -3.04. The number of ether oxygens (including phenoxy) is 3. The van der Waals surface area contributed by atoms with Crippen LogP contribution in [0.5, 0.6) is 0 Å². The molecule has 30 heavy (non-hydrogen) atoms. The van der Waals surface area contributed by atoms with E-state index in [1.165, 1.54) is 37.3 Å². The molecule has 3 aliphatic rings. The molecule has 2 saturated carbocycles. The lowest BCUT2D eigenvalue weighted by Gasteiger charge is -2.33. The highest BCUT2D eigenvalue weighted by Crippen LogP contribution is 2.59. The molecule has 160 valence electrons. The van der Waals surface area contributed by atoms with Crippen molar-refractivity contribution in [1.82, 2.24) is 0 Å². The van der Waals surface area contributed by atoms with Crippen molar-refractivity contribution in [3.63, 3.8) is 0 Å². The number of esters is 3. The van der Waals surface area contributed by atoms with Crippen LogP contribution in [-0.4, -0.2) is 42.0 Å². The second-order valence-electron chi connectivity index (χ2n) is 7.73. The van der Waals surface area contributed by atoms with E-state index in [9.17, 15) is 33.1 Å². The van der Waals surface area contributed by atoms with Crippen molar-refractivity contribution in [3.8, 4) is 0 Å². The number of hydrogen-bond donors (Lipinski definition) is 0. The molecule has 3 fully saturated rings. The minimum atomic E-state index is -4.51. The Kier molecular flexibility index (Phi) is 4.74. The summed E-state index contributed by atoms with van der Waals surface area (Å²) in [6, 6.07) is 6.67. The monoisotopic (exact) mass is 423 g/mol. The molecule has 0 spiro atoms. The topological polar surface area (TPSA) is 119 Å². The fraction of sp³-hybridized carbons (Fsp3) is 0.500. The number of rotatable bonds is 6. The van der Waals surface area contributed by atoms with Crippen molar-refractivity contribution >= 4 is 23.9 Å². The molecule has 0 amide bonds. The van der Waals surface area contributed by atoms with Crippen LogP contribution in [0.25, 0.3) is 0 Å². The van der Waals surface area contributed by atoms with E-state index in [1.807, 2.05) is 0 Å². The molecular weight excluding hydrogens is 406 g/mol. The average molecular weight is 423 g/mol. The van der Waals surface area contributed by atoms with Crippen LogP contribution in [0.4, 0.5) is 8.78 Å². The van der Waals surface area contributed by atoms with Crippen LogP contribution in [0.15, 0.2) is 30.3 Å². The summed E-state index contributed by atoms with van der Waals surface area (Å²) in [5, 5.41) is 11.0. The number of carbonyl (C=O) groups excluding carboxylic acids is 4. The molecule has 1 heterocycles. The van der Waals surface area contributed by atoms with Gasteiger partial charge < -0.3 is 24.1 Å². The van der Waals surface area contributed by atoms with Crippen LogP contribution < -0.4 is 5.11 Å². The van der Waals surface area contributed by atoms with Crippen LogP contribution in [0, 0.1) is 23.7 Å². The van der Waals surface area contributed by atoms with Gasteiger partial charge in [-0.15, -0.1) is 0 Å². The number of fused-ring (bicyclic) bond motifs is 1. The van der Waals surface area contributed by atoms with Gasteiger partial charge in [-0.1, -0.05) is 30.3 Å². The Morgan fingerprint density at radius 3 is 2.47 bits per heavy atom. The highest BCUT2D eigenvalue weighted by atomic mass is 19.3. The van der Waals surface area contributed by atoms with Gasteiger partial charge in [0.05, 0.1) is 11.8 Å². The fourth-order valence-corrected chi connectivity index (χ4v) is 4.94. The zero-order valence-electron chi connectivity index (χ0n) is 15.7. The summed E-state index contributed by atoms with van der Waals surface area (Å²) in [4.78, 5) is 47.7. The minimum absolute atomic E-state index is 0.244. The fourth-order valence-electron chi connectivity index (χ4n) is 4.94. The lowest BCUT2D eigenvalue weighted by atomic mass is 9.78. The second kappa shape index (κ2) is 7.03. The first kappa shape index (κ1) is 20.2. The summed E-state index contributed by atoms with van der Waals surface area (Å²) in [5.41, 5.74) is -0.244. The summed E-state index contributed by atoms with van der Waals surface area (Å²) < 4.78 is 44.2. The maximum Gasteiger partial charge on any atom is 0.327 e. The molecule has 0 aromatic heterocycles. The molecule has 1 saturated heterocycles. The highest BCUT2D eigenvalue weighted by Gasteiger charge is 2.70. The van der Waals surface area contributed by atoms with Gasteiger partial charge in [-0.05, 0) is 12.0 Å². The molecule has 0 N–H and O–H groups in total. The number of alkyl halides is 2. The van der Waals surface area contributed by atoms with E-state index in [0.717, 1.165) is 0 Å². The van der Waals surface area contributed by atoms with E-state index in [-0.39, 0.29) is 5.56 Å². The quantitative estimate of drug-likeness (QED) is 0.476. The van der Waals surface area contributed by atoms with Crippen LogP contribution in [-0.2, 0) is 33.4 Å². The molecular formula is C20H17F2O8-. The zero-order valence-corrected chi connectivity index (χ0v) is 15.7. The van der Waals surface area contributed by atoms with Crippen LogP contribution in [0.3, 0.4) is 0 Å².